The van der Waals surface area contributed by atoms with Crippen molar-refractivity contribution in [3.63, 3.8) is 0 Å². The first-order valence-electron chi connectivity index (χ1n) is 8.35. The number of fused-ring (bicyclic) bond motifs is 1. The fourth-order valence-corrected chi connectivity index (χ4v) is 3.10. The lowest BCUT2D eigenvalue weighted by atomic mass is 9.89. The molecule has 2 aromatic rings. The smallest absolute Gasteiger partial charge is 0.258 e. The molecule has 5 nitrogen and oxygen atoms in total. The summed E-state index contributed by atoms with van der Waals surface area (Å²) in [5.41, 5.74) is 0.831. The highest BCUT2D eigenvalue weighted by Gasteiger charge is 2.15. The minimum atomic E-state index is -0.0871. The molecule has 1 aliphatic rings. The minimum absolute atomic E-state index is 0.00678. The maximum atomic E-state index is 12.0. The Labute approximate surface area is 136 Å². The van der Waals surface area contributed by atoms with Gasteiger partial charge in [-0.25, -0.2) is 4.98 Å². The van der Waals surface area contributed by atoms with Crippen LogP contribution in [0.3, 0.4) is 0 Å². The Hall–Kier alpha value is -2.17. The van der Waals surface area contributed by atoms with Crippen LogP contribution in [0.1, 0.15) is 37.9 Å². The van der Waals surface area contributed by atoms with Crippen LogP contribution >= 0.6 is 0 Å². The molecule has 1 aliphatic carbocycles. The molecule has 23 heavy (non-hydrogen) atoms. The van der Waals surface area contributed by atoms with Crippen molar-refractivity contribution < 1.29 is 9.53 Å². The monoisotopic (exact) mass is 313 g/mol. The molecule has 0 atom stereocenters. The SMILES string of the molecule is Cc1nc(OCC(=O)NCC2CCCCC2)c2ccccc2n1. The van der Waals surface area contributed by atoms with Gasteiger partial charge < -0.3 is 10.1 Å². The number of carbonyl (C=O) groups excluding carboxylic acids is 1. The van der Waals surface area contributed by atoms with E-state index < -0.39 is 0 Å². The van der Waals surface area contributed by atoms with E-state index >= 15 is 0 Å². The van der Waals surface area contributed by atoms with Gasteiger partial charge in [-0.1, -0.05) is 31.4 Å². The molecule has 1 heterocycles. The van der Waals surface area contributed by atoms with E-state index in [9.17, 15) is 4.79 Å². The fourth-order valence-electron chi connectivity index (χ4n) is 3.10. The van der Waals surface area contributed by atoms with E-state index in [1.54, 1.807) is 0 Å². The van der Waals surface area contributed by atoms with Crippen molar-refractivity contribution in [2.45, 2.75) is 39.0 Å². The van der Waals surface area contributed by atoms with Crippen LogP contribution in [0, 0.1) is 12.8 Å². The van der Waals surface area contributed by atoms with Gasteiger partial charge in [-0.05, 0) is 37.8 Å². The van der Waals surface area contributed by atoms with Crippen molar-refractivity contribution in [1.82, 2.24) is 15.3 Å². The van der Waals surface area contributed by atoms with E-state index in [-0.39, 0.29) is 12.5 Å². The van der Waals surface area contributed by atoms with Crippen LogP contribution in [-0.4, -0.2) is 29.0 Å². The van der Waals surface area contributed by atoms with Gasteiger partial charge in [-0.2, -0.15) is 4.98 Å². The van der Waals surface area contributed by atoms with Crippen molar-refractivity contribution in [3.05, 3.63) is 30.1 Å². The van der Waals surface area contributed by atoms with E-state index in [1.807, 2.05) is 31.2 Å². The van der Waals surface area contributed by atoms with Crippen LogP contribution in [0.2, 0.25) is 0 Å². The molecule has 0 radical (unpaired) electrons. The number of aromatic nitrogens is 2. The largest absolute Gasteiger partial charge is 0.467 e. The summed E-state index contributed by atoms with van der Waals surface area (Å²) >= 11 is 0. The predicted molar refractivity (Wildman–Crippen MR) is 89.4 cm³/mol. The molecule has 0 spiro atoms. The number of carbonyl (C=O) groups is 1. The van der Waals surface area contributed by atoms with Gasteiger partial charge in [-0.15, -0.1) is 0 Å². The number of nitrogens with zero attached hydrogens (tertiary/aromatic N) is 2. The molecule has 5 heteroatoms. The fraction of sp³-hybridized carbons (Fsp3) is 0.500. The zero-order valence-corrected chi connectivity index (χ0v) is 13.5. The second kappa shape index (κ2) is 7.40. The molecule has 3 rings (SSSR count). The van der Waals surface area contributed by atoms with Crippen LogP contribution < -0.4 is 10.1 Å². The Morgan fingerprint density at radius 2 is 2.00 bits per heavy atom. The third kappa shape index (κ3) is 4.18. The Balaban J connectivity index is 1.56. The minimum Gasteiger partial charge on any atom is -0.467 e. The molecular weight excluding hydrogens is 290 g/mol. The lowest BCUT2D eigenvalue weighted by molar-refractivity contribution is -0.123. The molecule has 1 saturated carbocycles. The predicted octanol–water partition coefficient (Wildman–Crippen LogP) is 3.01. The van der Waals surface area contributed by atoms with Crippen molar-refractivity contribution in [2.24, 2.45) is 5.92 Å². The quantitative estimate of drug-likeness (QED) is 0.921. The maximum absolute atomic E-state index is 12.0. The number of hydrogen-bond acceptors (Lipinski definition) is 4. The van der Waals surface area contributed by atoms with E-state index in [4.69, 9.17) is 4.74 Å². The number of rotatable bonds is 5. The first-order valence-corrected chi connectivity index (χ1v) is 8.35. The zero-order chi connectivity index (χ0) is 16.1. The Morgan fingerprint density at radius 3 is 2.83 bits per heavy atom. The van der Waals surface area contributed by atoms with E-state index in [2.05, 4.69) is 15.3 Å². The summed E-state index contributed by atoms with van der Waals surface area (Å²) in [7, 11) is 0. The van der Waals surface area contributed by atoms with Gasteiger partial charge >= 0.3 is 0 Å². The summed E-state index contributed by atoms with van der Waals surface area (Å²) in [5, 5.41) is 3.81. The Kier molecular flexibility index (Phi) is 5.05. The number of amides is 1. The maximum Gasteiger partial charge on any atom is 0.258 e. The lowest BCUT2D eigenvalue weighted by Crippen LogP contribution is -2.33. The van der Waals surface area contributed by atoms with E-state index in [0.29, 0.717) is 17.6 Å². The Morgan fingerprint density at radius 1 is 1.22 bits per heavy atom. The number of para-hydroxylation sites is 1. The highest BCUT2D eigenvalue weighted by molar-refractivity contribution is 5.84. The molecule has 0 saturated heterocycles. The average Bonchev–Trinajstić information content (AvgIpc) is 2.58. The molecule has 0 unspecified atom stereocenters. The molecule has 0 bridgehead atoms. The summed E-state index contributed by atoms with van der Waals surface area (Å²) in [6.07, 6.45) is 6.33. The second-order valence-electron chi connectivity index (χ2n) is 6.19. The average molecular weight is 313 g/mol. The van der Waals surface area contributed by atoms with Crippen molar-refractivity contribution in [3.8, 4) is 5.88 Å². The van der Waals surface area contributed by atoms with Crippen LogP contribution in [0.15, 0.2) is 24.3 Å². The molecular formula is C18H23N3O2. The lowest BCUT2D eigenvalue weighted by Gasteiger charge is -2.21. The zero-order valence-electron chi connectivity index (χ0n) is 13.5. The molecule has 1 aromatic heterocycles. The Bertz CT molecular complexity index is 681. The topological polar surface area (TPSA) is 64.1 Å². The summed E-state index contributed by atoms with van der Waals surface area (Å²) in [5.74, 6) is 1.65. The first-order chi connectivity index (χ1) is 11.2. The van der Waals surface area contributed by atoms with Crippen LogP contribution in [0.4, 0.5) is 0 Å². The third-order valence-corrected chi connectivity index (χ3v) is 4.33. The van der Waals surface area contributed by atoms with Crippen molar-refractivity contribution in [2.75, 3.05) is 13.2 Å². The number of hydrogen-bond donors (Lipinski definition) is 1. The normalized spacial score (nSPS) is 15.5. The van der Waals surface area contributed by atoms with E-state index in [0.717, 1.165) is 17.4 Å². The van der Waals surface area contributed by atoms with Gasteiger partial charge in [0.15, 0.2) is 6.61 Å². The second-order valence-corrected chi connectivity index (χ2v) is 6.19. The van der Waals surface area contributed by atoms with Crippen molar-refractivity contribution >= 4 is 16.8 Å². The summed E-state index contributed by atoms with van der Waals surface area (Å²) in [6, 6.07) is 7.66. The standard InChI is InChI=1S/C18H23N3O2/c1-13-20-16-10-6-5-9-15(16)18(21-13)23-12-17(22)19-11-14-7-3-2-4-8-14/h5-6,9-10,14H,2-4,7-8,11-12H2,1H3,(H,19,22). The first kappa shape index (κ1) is 15.7. The number of benzene rings is 1. The molecule has 1 amide bonds. The highest BCUT2D eigenvalue weighted by Crippen LogP contribution is 2.23. The van der Waals surface area contributed by atoms with Gasteiger partial charge in [-0.3, -0.25) is 4.79 Å². The molecule has 1 fully saturated rings. The number of ether oxygens (including phenoxy) is 1. The molecule has 122 valence electrons. The van der Waals surface area contributed by atoms with Crippen molar-refractivity contribution in [1.29, 1.82) is 0 Å². The van der Waals surface area contributed by atoms with Crippen LogP contribution in [0.25, 0.3) is 10.9 Å². The molecule has 0 aliphatic heterocycles. The van der Waals surface area contributed by atoms with E-state index in [1.165, 1.54) is 32.1 Å². The number of aryl methyl sites for hydroxylation is 1. The summed E-state index contributed by atoms with van der Waals surface area (Å²) < 4.78 is 5.64. The van der Waals surface area contributed by atoms with Crippen LogP contribution in [-0.2, 0) is 4.79 Å². The van der Waals surface area contributed by atoms with Gasteiger partial charge in [0, 0.05) is 6.54 Å². The van der Waals surface area contributed by atoms with Gasteiger partial charge in [0.25, 0.3) is 5.91 Å². The van der Waals surface area contributed by atoms with Gasteiger partial charge in [0.05, 0.1) is 10.9 Å². The highest BCUT2D eigenvalue weighted by atomic mass is 16.5. The number of nitrogens with one attached hydrogen (secondary N) is 1. The summed E-state index contributed by atoms with van der Waals surface area (Å²) in [6.45, 7) is 2.57. The molecule has 1 N–H and O–H groups in total. The third-order valence-electron chi connectivity index (χ3n) is 4.33. The van der Waals surface area contributed by atoms with Gasteiger partial charge in [0.2, 0.25) is 5.88 Å². The van der Waals surface area contributed by atoms with Gasteiger partial charge in [0.1, 0.15) is 5.82 Å². The molecule has 1 aromatic carbocycles. The summed E-state index contributed by atoms with van der Waals surface area (Å²) in [4.78, 5) is 20.7. The van der Waals surface area contributed by atoms with Crippen LogP contribution in [0.5, 0.6) is 5.88 Å².